The van der Waals surface area contributed by atoms with Gasteiger partial charge in [0.1, 0.15) is 23.3 Å². The molecule has 32 heavy (non-hydrogen) atoms. The Kier molecular flexibility index (Phi) is 7.30. The van der Waals surface area contributed by atoms with Crippen molar-refractivity contribution in [1.29, 1.82) is 5.26 Å². The number of benzene rings is 1. The summed E-state index contributed by atoms with van der Waals surface area (Å²) in [4.78, 5) is 44.8. The minimum atomic E-state index is -0.856. The van der Waals surface area contributed by atoms with Crippen LogP contribution in [0.1, 0.15) is 43.7 Å². The molecule has 10 nitrogen and oxygen atoms in total. The second-order valence-corrected chi connectivity index (χ2v) is 8.30. The number of nitrogens with one attached hydrogen (secondary N) is 4. The highest BCUT2D eigenvalue weighted by Crippen LogP contribution is 2.23. The second kappa shape index (κ2) is 10.1. The maximum absolute atomic E-state index is 12.9. The van der Waals surface area contributed by atoms with Gasteiger partial charge in [-0.1, -0.05) is 19.9 Å². The summed E-state index contributed by atoms with van der Waals surface area (Å²) in [5, 5.41) is 17.6. The predicted octanol–water partition coefficient (Wildman–Crippen LogP) is 1.25. The predicted molar refractivity (Wildman–Crippen MR) is 117 cm³/mol. The molecule has 1 saturated heterocycles. The number of para-hydroxylation sites is 1. The molecule has 3 rings (SSSR count). The third kappa shape index (κ3) is 5.35. The van der Waals surface area contributed by atoms with Crippen LogP contribution in [-0.4, -0.2) is 53.4 Å². The van der Waals surface area contributed by atoms with Crippen molar-refractivity contribution >= 4 is 28.8 Å². The van der Waals surface area contributed by atoms with E-state index in [0.717, 1.165) is 0 Å². The monoisotopic (exact) mass is 440 g/mol. The van der Waals surface area contributed by atoms with E-state index in [1.165, 1.54) is 7.11 Å². The van der Waals surface area contributed by atoms with Gasteiger partial charge in [0.2, 0.25) is 11.8 Å². The first-order chi connectivity index (χ1) is 15.3. The molecule has 0 saturated carbocycles. The number of rotatable bonds is 9. The number of imidazole rings is 1. The van der Waals surface area contributed by atoms with E-state index in [0.29, 0.717) is 36.2 Å². The van der Waals surface area contributed by atoms with E-state index in [-0.39, 0.29) is 30.0 Å². The van der Waals surface area contributed by atoms with Crippen LogP contribution in [0.5, 0.6) is 5.75 Å². The molecule has 170 valence electrons. The number of methoxy groups -OCH3 is 1. The minimum Gasteiger partial charge on any atom is -0.494 e. The van der Waals surface area contributed by atoms with Crippen LogP contribution in [0.3, 0.4) is 0 Å². The Morgan fingerprint density at radius 3 is 2.75 bits per heavy atom. The van der Waals surface area contributed by atoms with Gasteiger partial charge in [0.25, 0.3) is 5.91 Å². The number of ether oxygens (including phenoxy) is 1. The van der Waals surface area contributed by atoms with Crippen LogP contribution in [0.25, 0.3) is 11.0 Å². The Bertz CT molecular complexity index is 1040. The molecule has 1 aliphatic heterocycles. The van der Waals surface area contributed by atoms with Gasteiger partial charge < -0.3 is 25.7 Å². The van der Waals surface area contributed by atoms with Crippen molar-refractivity contribution in [2.24, 2.45) is 11.8 Å². The van der Waals surface area contributed by atoms with Crippen LogP contribution < -0.4 is 20.7 Å². The third-order valence-electron chi connectivity index (χ3n) is 5.40. The summed E-state index contributed by atoms with van der Waals surface area (Å²) < 4.78 is 5.28. The zero-order chi connectivity index (χ0) is 23.3. The highest BCUT2D eigenvalue weighted by atomic mass is 16.5. The van der Waals surface area contributed by atoms with E-state index in [9.17, 15) is 19.6 Å². The Balaban J connectivity index is 1.71. The number of amides is 3. The summed E-state index contributed by atoms with van der Waals surface area (Å²) >= 11 is 0. The van der Waals surface area contributed by atoms with Gasteiger partial charge in [-0.3, -0.25) is 14.4 Å². The number of fused-ring (bicyclic) bond motifs is 1. The Morgan fingerprint density at radius 2 is 2.12 bits per heavy atom. The lowest BCUT2D eigenvalue weighted by atomic mass is 9.98. The largest absolute Gasteiger partial charge is 0.494 e. The molecule has 3 atom stereocenters. The van der Waals surface area contributed by atoms with E-state index >= 15 is 0 Å². The number of carbonyl (C=O) groups is 3. The lowest BCUT2D eigenvalue weighted by Crippen LogP contribution is -2.50. The minimum absolute atomic E-state index is 0.0607. The van der Waals surface area contributed by atoms with Crippen molar-refractivity contribution in [2.75, 3.05) is 13.7 Å². The fourth-order valence-electron chi connectivity index (χ4n) is 3.78. The van der Waals surface area contributed by atoms with E-state index < -0.39 is 23.9 Å². The zero-order valence-electron chi connectivity index (χ0n) is 18.4. The number of carbonyl (C=O) groups excluding carboxylic acids is 3. The summed E-state index contributed by atoms with van der Waals surface area (Å²) in [6.45, 7) is 4.44. The fourth-order valence-corrected chi connectivity index (χ4v) is 3.78. The van der Waals surface area contributed by atoms with Gasteiger partial charge in [0.15, 0.2) is 5.82 Å². The number of aromatic amines is 1. The van der Waals surface area contributed by atoms with Crippen molar-refractivity contribution in [3.8, 4) is 11.8 Å². The zero-order valence-corrected chi connectivity index (χ0v) is 18.4. The van der Waals surface area contributed by atoms with Crippen molar-refractivity contribution in [2.45, 2.75) is 45.2 Å². The molecule has 0 unspecified atom stereocenters. The van der Waals surface area contributed by atoms with Gasteiger partial charge in [-0.15, -0.1) is 0 Å². The van der Waals surface area contributed by atoms with Crippen LogP contribution in [0.2, 0.25) is 0 Å². The molecule has 1 aliphatic rings. The second-order valence-electron chi connectivity index (χ2n) is 8.30. The highest BCUT2D eigenvalue weighted by Gasteiger charge is 2.30. The van der Waals surface area contributed by atoms with E-state index in [4.69, 9.17) is 4.74 Å². The Hall–Kier alpha value is -3.61. The number of hydrogen-bond acceptors (Lipinski definition) is 6. The summed E-state index contributed by atoms with van der Waals surface area (Å²) in [5.41, 5.74) is 1.16. The maximum atomic E-state index is 12.9. The van der Waals surface area contributed by atoms with Crippen LogP contribution in [0.4, 0.5) is 0 Å². The number of hydrogen-bond donors (Lipinski definition) is 4. The first-order valence-electron chi connectivity index (χ1n) is 10.6. The first-order valence-corrected chi connectivity index (χ1v) is 10.6. The van der Waals surface area contributed by atoms with Crippen LogP contribution in [-0.2, 0) is 9.59 Å². The van der Waals surface area contributed by atoms with E-state index in [2.05, 4.69) is 25.9 Å². The molecule has 0 spiro atoms. The molecule has 4 N–H and O–H groups in total. The van der Waals surface area contributed by atoms with E-state index in [1.807, 2.05) is 19.9 Å². The summed E-state index contributed by atoms with van der Waals surface area (Å²) in [6, 6.07) is 5.64. The molecule has 1 aromatic heterocycles. The number of nitrogens with zero attached hydrogens (tertiary/aromatic N) is 2. The SMILES string of the molecule is COc1cccc2nc(C(=O)N[C@@H](CC(C)C)C(=O)N[C@H](C#N)C[C@@H]3CCNC3=O)[nH]c12. The van der Waals surface area contributed by atoms with Crippen LogP contribution in [0, 0.1) is 23.2 Å². The van der Waals surface area contributed by atoms with E-state index in [1.54, 1.807) is 18.2 Å². The van der Waals surface area contributed by atoms with Gasteiger partial charge in [-0.25, -0.2) is 4.98 Å². The summed E-state index contributed by atoms with van der Waals surface area (Å²) in [5.74, 6) is -0.680. The number of H-pyrrole nitrogens is 1. The molecule has 0 radical (unpaired) electrons. The molecule has 0 aliphatic carbocycles. The van der Waals surface area contributed by atoms with Crippen LogP contribution in [0.15, 0.2) is 18.2 Å². The lowest BCUT2D eigenvalue weighted by Gasteiger charge is -2.22. The average Bonchev–Trinajstić information content (AvgIpc) is 3.38. The summed E-state index contributed by atoms with van der Waals surface area (Å²) in [6.07, 6.45) is 1.25. The number of aromatic nitrogens is 2. The Morgan fingerprint density at radius 1 is 1.34 bits per heavy atom. The van der Waals surface area contributed by atoms with Crippen molar-refractivity contribution in [1.82, 2.24) is 25.9 Å². The van der Waals surface area contributed by atoms with Gasteiger partial charge in [0.05, 0.1) is 18.7 Å². The van der Waals surface area contributed by atoms with Crippen molar-refractivity contribution in [3.63, 3.8) is 0 Å². The Labute approximate surface area is 186 Å². The topological polar surface area (TPSA) is 149 Å². The quantitative estimate of drug-likeness (QED) is 0.461. The maximum Gasteiger partial charge on any atom is 0.287 e. The van der Waals surface area contributed by atoms with Crippen molar-refractivity contribution in [3.05, 3.63) is 24.0 Å². The molecule has 3 amide bonds. The van der Waals surface area contributed by atoms with Crippen molar-refractivity contribution < 1.29 is 19.1 Å². The molecular weight excluding hydrogens is 412 g/mol. The molecule has 1 fully saturated rings. The average molecular weight is 441 g/mol. The fraction of sp³-hybridized carbons (Fsp3) is 0.500. The van der Waals surface area contributed by atoms with Gasteiger partial charge >= 0.3 is 0 Å². The normalized spacial score (nSPS) is 17.5. The smallest absolute Gasteiger partial charge is 0.287 e. The molecule has 0 bridgehead atoms. The number of nitriles is 1. The molecule has 2 heterocycles. The summed E-state index contributed by atoms with van der Waals surface area (Å²) in [7, 11) is 1.53. The molecular formula is C22H28N6O4. The molecule has 10 heteroatoms. The third-order valence-corrected chi connectivity index (χ3v) is 5.40. The highest BCUT2D eigenvalue weighted by molar-refractivity contribution is 5.98. The van der Waals surface area contributed by atoms with Gasteiger partial charge in [-0.2, -0.15) is 5.26 Å². The molecule has 2 aromatic rings. The molecule has 1 aromatic carbocycles. The standard InChI is InChI=1S/C22H28N6O4/c1-12(2)9-16(21(30)25-14(11-23)10-13-7-8-24-20(13)29)27-22(31)19-26-15-5-4-6-17(32-3)18(15)28-19/h4-6,12-14,16H,7-10H2,1-3H3,(H,24,29)(H,25,30)(H,26,28)(H,27,31)/t13-,14-,16-/m0/s1. The first kappa shape index (κ1) is 23.1. The van der Waals surface area contributed by atoms with Gasteiger partial charge in [0, 0.05) is 12.5 Å². The lowest BCUT2D eigenvalue weighted by molar-refractivity contribution is -0.125. The van der Waals surface area contributed by atoms with Gasteiger partial charge in [-0.05, 0) is 37.3 Å². The van der Waals surface area contributed by atoms with Crippen LogP contribution >= 0.6 is 0 Å².